The Labute approximate surface area is 162 Å². The lowest BCUT2D eigenvalue weighted by Crippen LogP contribution is -2.43. The molecule has 1 aromatic heterocycles. The number of ether oxygens (including phenoxy) is 1. The van der Waals surface area contributed by atoms with Crippen LogP contribution in [0.15, 0.2) is 47.4 Å². The van der Waals surface area contributed by atoms with Gasteiger partial charge in [0.15, 0.2) is 0 Å². The molecule has 1 fully saturated rings. The average molecular weight is 409 g/mol. The van der Waals surface area contributed by atoms with Crippen molar-refractivity contribution in [2.75, 3.05) is 25.5 Å². The van der Waals surface area contributed by atoms with Crippen LogP contribution in [-0.2, 0) is 19.6 Å². The van der Waals surface area contributed by atoms with E-state index in [0.29, 0.717) is 29.3 Å². The molecule has 9 heteroatoms. The maximum absolute atomic E-state index is 12.8. The summed E-state index contributed by atoms with van der Waals surface area (Å²) >= 11 is 1.12. The number of hydrogen-bond acceptors (Lipinski definition) is 6. The maximum Gasteiger partial charge on any atom is 0.348 e. The molecule has 1 saturated heterocycles. The molecule has 1 amide bonds. The van der Waals surface area contributed by atoms with E-state index >= 15 is 0 Å². The summed E-state index contributed by atoms with van der Waals surface area (Å²) in [6.07, 6.45) is 1.23. The van der Waals surface area contributed by atoms with Crippen LogP contribution in [0.25, 0.3) is 0 Å². The second kappa shape index (κ2) is 8.20. The lowest BCUT2D eigenvalue weighted by molar-refractivity contribution is -0.120. The molecule has 1 atom stereocenters. The zero-order chi connectivity index (χ0) is 19.4. The molecule has 0 unspecified atom stereocenters. The minimum absolute atomic E-state index is 0.137. The fraction of sp³-hybridized carbons (Fsp3) is 0.333. The van der Waals surface area contributed by atoms with E-state index in [1.54, 1.807) is 42.5 Å². The number of anilines is 1. The van der Waals surface area contributed by atoms with Crippen molar-refractivity contribution < 1.29 is 22.7 Å². The lowest BCUT2D eigenvalue weighted by atomic mass is 9.99. The average Bonchev–Trinajstić information content (AvgIpc) is 3.16. The molecular weight excluding hydrogens is 388 g/mol. The minimum Gasteiger partial charge on any atom is -0.465 e. The summed E-state index contributed by atoms with van der Waals surface area (Å²) in [5.74, 6) is -1.15. The van der Waals surface area contributed by atoms with Gasteiger partial charge < -0.3 is 10.1 Å². The predicted molar refractivity (Wildman–Crippen MR) is 102 cm³/mol. The number of thiophene rings is 1. The summed E-state index contributed by atoms with van der Waals surface area (Å²) in [5.41, 5.74) is 0. The van der Waals surface area contributed by atoms with Crippen LogP contribution in [0.5, 0.6) is 0 Å². The van der Waals surface area contributed by atoms with E-state index in [4.69, 9.17) is 0 Å². The van der Waals surface area contributed by atoms with Crippen molar-refractivity contribution in [1.29, 1.82) is 0 Å². The number of benzene rings is 1. The molecule has 0 bridgehead atoms. The zero-order valence-corrected chi connectivity index (χ0v) is 16.4. The molecule has 1 N–H and O–H groups in total. The molecule has 2 aromatic rings. The van der Waals surface area contributed by atoms with E-state index in [2.05, 4.69) is 10.1 Å². The smallest absolute Gasteiger partial charge is 0.348 e. The number of sulfonamides is 1. The van der Waals surface area contributed by atoms with E-state index in [-0.39, 0.29) is 17.3 Å². The molecule has 0 spiro atoms. The van der Waals surface area contributed by atoms with E-state index in [1.807, 2.05) is 0 Å². The molecule has 27 heavy (non-hydrogen) atoms. The van der Waals surface area contributed by atoms with E-state index in [0.717, 1.165) is 11.3 Å². The Morgan fingerprint density at radius 1 is 1.19 bits per heavy atom. The van der Waals surface area contributed by atoms with Gasteiger partial charge in [0.25, 0.3) is 0 Å². The Morgan fingerprint density at radius 3 is 2.63 bits per heavy atom. The van der Waals surface area contributed by atoms with Gasteiger partial charge in [0.1, 0.15) is 4.88 Å². The number of carbonyl (C=O) groups is 2. The third-order valence-electron chi connectivity index (χ3n) is 4.37. The van der Waals surface area contributed by atoms with Gasteiger partial charge in [0.05, 0.1) is 22.9 Å². The summed E-state index contributed by atoms with van der Waals surface area (Å²) in [5, 5.41) is 3.30. The van der Waals surface area contributed by atoms with Crippen molar-refractivity contribution >= 4 is 38.2 Å². The van der Waals surface area contributed by atoms with Crippen molar-refractivity contribution in [1.82, 2.24) is 4.31 Å². The first kappa shape index (κ1) is 19.5. The van der Waals surface area contributed by atoms with Crippen LogP contribution in [0.2, 0.25) is 0 Å². The molecule has 1 aliphatic heterocycles. The second-order valence-corrected chi connectivity index (χ2v) is 9.18. The molecule has 144 valence electrons. The number of hydrogen-bond donors (Lipinski definition) is 1. The first-order chi connectivity index (χ1) is 12.9. The Hall–Kier alpha value is -2.23. The van der Waals surface area contributed by atoms with Crippen LogP contribution in [0.4, 0.5) is 5.00 Å². The molecule has 0 radical (unpaired) electrons. The highest BCUT2D eigenvalue weighted by molar-refractivity contribution is 7.89. The maximum atomic E-state index is 12.8. The Morgan fingerprint density at radius 2 is 1.93 bits per heavy atom. The molecule has 0 aliphatic carbocycles. The van der Waals surface area contributed by atoms with Gasteiger partial charge in [-0.2, -0.15) is 4.31 Å². The SMILES string of the molecule is COC(=O)c1ccc(NC(=O)[C@@H]2CCCN(S(=O)(=O)c3ccccc3)C2)s1. The van der Waals surface area contributed by atoms with E-state index < -0.39 is 21.9 Å². The van der Waals surface area contributed by atoms with E-state index in [1.165, 1.54) is 11.4 Å². The Kier molecular flexibility index (Phi) is 5.93. The third-order valence-corrected chi connectivity index (χ3v) is 7.23. The first-order valence-corrected chi connectivity index (χ1v) is 10.7. The number of nitrogens with one attached hydrogen (secondary N) is 1. The topological polar surface area (TPSA) is 92.8 Å². The minimum atomic E-state index is -3.62. The molecule has 2 heterocycles. The summed E-state index contributed by atoms with van der Waals surface area (Å²) in [7, 11) is -2.32. The molecule has 7 nitrogen and oxygen atoms in total. The molecule has 3 rings (SSSR count). The lowest BCUT2D eigenvalue weighted by Gasteiger charge is -2.31. The Bertz CT molecular complexity index is 924. The van der Waals surface area contributed by atoms with Gasteiger partial charge in [-0.05, 0) is 37.1 Å². The number of carbonyl (C=O) groups excluding carboxylic acids is 2. The normalized spacial score (nSPS) is 18.0. The molecule has 1 aliphatic rings. The summed E-state index contributed by atoms with van der Waals surface area (Å²) in [4.78, 5) is 24.7. The van der Waals surface area contributed by atoms with Gasteiger partial charge in [0, 0.05) is 13.1 Å². The van der Waals surface area contributed by atoms with Gasteiger partial charge in [-0.3, -0.25) is 4.79 Å². The molecular formula is C18H20N2O5S2. The van der Waals surface area contributed by atoms with Gasteiger partial charge in [-0.1, -0.05) is 18.2 Å². The number of rotatable bonds is 5. The van der Waals surface area contributed by atoms with Gasteiger partial charge in [-0.15, -0.1) is 11.3 Å². The van der Waals surface area contributed by atoms with Crippen molar-refractivity contribution in [3.05, 3.63) is 47.3 Å². The summed E-state index contributed by atoms with van der Waals surface area (Å²) in [6, 6.07) is 11.4. The van der Waals surface area contributed by atoms with Crippen LogP contribution in [0.3, 0.4) is 0 Å². The van der Waals surface area contributed by atoms with Crippen molar-refractivity contribution in [3.8, 4) is 0 Å². The molecule has 1 aromatic carbocycles. The molecule has 0 saturated carbocycles. The monoisotopic (exact) mass is 408 g/mol. The van der Waals surface area contributed by atoms with Crippen LogP contribution in [0, 0.1) is 5.92 Å². The van der Waals surface area contributed by atoms with Crippen molar-refractivity contribution in [3.63, 3.8) is 0 Å². The number of methoxy groups -OCH3 is 1. The van der Waals surface area contributed by atoms with Gasteiger partial charge >= 0.3 is 5.97 Å². The highest BCUT2D eigenvalue weighted by Crippen LogP contribution is 2.27. The van der Waals surface area contributed by atoms with Crippen molar-refractivity contribution in [2.45, 2.75) is 17.7 Å². The van der Waals surface area contributed by atoms with Crippen LogP contribution >= 0.6 is 11.3 Å². The summed E-state index contributed by atoms with van der Waals surface area (Å²) < 4.78 is 31.6. The summed E-state index contributed by atoms with van der Waals surface area (Å²) in [6.45, 7) is 0.533. The number of nitrogens with zero attached hydrogens (tertiary/aromatic N) is 1. The third kappa shape index (κ3) is 4.37. The number of amides is 1. The second-order valence-electron chi connectivity index (χ2n) is 6.16. The van der Waals surface area contributed by atoms with E-state index in [9.17, 15) is 18.0 Å². The standard InChI is InChI=1S/C18H20N2O5S2/c1-25-18(22)15-9-10-16(26-15)19-17(21)13-6-5-11-20(12-13)27(23,24)14-7-3-2-4-8-14/h2-4,7-10,13H,5-6,11-12H2,1H3,(H,19,21)/t13-/m1/s1. The number of esters is 1. The first-order valence-electron chi connectivity index (χ1n) is 8.46. The number of piperidine rings is 1. The highest BCUT2D eigenvalue weighted by atomic mass is 32.2. The highest BCUT2D eigenvalue weighted by Gasteiger charge is 2.33. The van der Waals surface area contributed by atoms with Crippen molar-refractivity contribution in [2.24, 2.45) is 5.92 Å². The zero-order valence-electron chi connectivity index (χ0n) is 14.8. The van der Waals surface area contributed by atoms with Crippen LogP contribution in [-0.4, -0.2) is 44.8 Å². The van der Waals surface area contributed by atoms with Gasteiger partial charge in [0.2, 0.25) is 15.9 Å². The largest absolute Gasteiger partial charge is 0.465 e. The predicted octanol–water partition coefficient (Wildman–Crippen LogP) is 2.57. The quantitative estimate of drug-likeness (QED) is 0.768. The Balaban J connectivity index is 1.68. The van der Waals surface area contributed by atoms with Crippen LogP contribution < -0.4 is 5.32 Å². The fourth-order valence-corrected chi connectivity index (χ4v) is 5.33. The fourth-order valence-electron chi connectivity index (χ4n) is 2.96. The van der Waals surface area contributed by atoms with Gasteiger partial charge in [-0.25, -0.2) is 13.2 Å². The van der Waals surface area contributed by atoms with Crippen LogP contribution in [0.1, 0.15) is 22.5 Å².